The molecule has 0 bridgehead atoms. The van der Waals surface area contributed by atoms with Gasteiger partial charge in [0.2, 0.25) is 6.41 Å². The monoisotopic (exact) mass is 103 g/mol. The summed E-state index contributed by atoms with van der Waals surface area (Å²) >= 11 is 0. The molecule has 0 aliphatic carbocycles. The predicted octanol–water partition coefficient (Wildman–Crippen LogP) is -0.729. The minimum Gasteiger partial charge on any atom is -0.356 e. The van der Waals surface area contributed by atoms with Crippen molar-refractivity contribution >= 4 is 0 Å². The molecule has 1 fully saturated rings. The van der Waals surface area contributed by atoms with Crippen molar-refractivity contribution in [2.24, 2.45) is 0 Å². The van der Waals surface area contributed by atoms with Gasteiger partial charge in [-0.05, 0) is 6.92 Å². The summed E-state index contributed by atoms with van der Waals surface area (Å²) in [6, 6.07) is 0. The summed E-state index contributed by atoms with van der Waals surface area (Å²) in [4.78, 5) is 0. The fourth-order valence-electron chi connectivity index (χ4n) is 0.583. The molecule has 2 unspecified atom stereocenters. The van der Waals surface area contributed by atoms with E-state index in [-0.39, 0.29) is 6.10 Å². The van der Waals surface area contributed by atoms with Gasteiger partial charge < -0.3 is 9.84 Å². The molecule has 0 aromatic heterocycles. The molecule has 0 radical (unpaired) electrons. The number of rotatable bonds is 0. The first-order valence-corrected chi connectivity index (χ1v) is 2.36. The van der Waals surface area contributed by atoms with Crippen molar-refractivity contribution < 1.29 is 9.84 Å². The molecule has 3 nitrogen and oxygen atoms in total. The van der Waals surface area contributed by atoms with E-state index in [0.717, 1.165) is 6.54 Å². The summed E-state index contributed by atoms with van der Waals surface area (Å²) in [5.74, 6) is 0. The van der Waals surface area contributed by atoms with Gasteiger partial charge in [-0.2, -0.15) is 0 Å². The molecule has 42 valence electrons. The second-order valence-electron chi connectivity index (χ2n) is 1.71. The Hall–Kier alpha value is -0.120. The highest BCUT2D eigenvalue weighted by atomic mass is 16.6. The highest BCUT2D eigenvalue weighted by Gasteiger charge is 2.16. The van der Waals surface area contributed by atoms with Crippen LogP contribution in [0, 0.1) is 0 Å². The zero-order valence-electron chi connectivity index (χ0n) is 4.22. The lowest BCUT2D eigenvalue weighted by molar-refractivity contribution is -0.0952. The van der Waals surface area contributed by atoms with Crippen molar-refractivity contribution in [2.45, 2.75) is 19.4 Å². The van der Waals surface area contributed by atoms with Crippen LogP contribution in [0.4, 0.5) is 0 Å². The average Bonchev–Trinajstić information content (AvgIpc) is 1.87. The molecule has 3 heteroatoms. The molecule has 1 aliphatic heterocycles. The first-order chi connectivity index (χ1) is 3.29. The largest absolute Gasteiger partial charge is 0.356 e. The van der Waals surface area contributed by atoms with E-state index in [4.69, 9.17) is 9.84 Å². The van der Waals surface area contributed by atoms with Crippen molar-refractivity contribution in [2.75, 3.05) is 6.54 Å². The molecule has 1 heterocycles. The average molecular weight is 103 g/mol. The lowest BCUT2D eigenvalue weighted by Crippen LogP contribution is -2.20. The van der Waals surface area contributed by atoms with Crippen molar-refractivity contribution in [3.8, 4) is 0 Å². The quantitative estimate of drug-likeness (QED) is 0.424. The third-order valence-electron chi connectivity index (χ3n) is 0.941. The molecule has 0 aromatic carbocycles. The second-order valence-corrected chi connectivity index (χ2v) is 1.71. The summed E-state index contributed by atoms with van der Waals surface area (Å²) in [7, 11) is 0. The summed E-state index contributed by atoms with van der Waals surface area (Å²) < 4.78 is 4.81. The Morgan fingerprint density at radius 2 is 2.57 bits per heavy atom. The normalized spacial score (nSPS) is 42.0. The van der Waals surface area contributed by atoms with Crippen LogP contribution in [-0.2, 0) is 4.74 Å². The smallest absolute Gasteiger partial charge is 0.213 e. The number of ether oxygens (including phenoxy) is 1. The number of nitrogens with one attached hydrogen (secondary N) is 1. The molecule has 2 atom stereocenters. The summed E-state index contributed by atoms with van der Waals surface area (Å²) in [5.41, 5.74) is 0. The van der Waals surface area contributed by atoms with E-state index in [1.807, 2.05) is 6.92 Å². The maximum atomic E-state index is 8.57. The van der Waals surface area contributed by atoms with Crippen LogP contribution >= 0.6 is 0 Å². The van der Waals surface area contributed by atoms with Gasteiger partial charge in [-0.3, -0.25) is 5.32 Å². The molecule has 0 spiro atoms. The molecule has 2 N–H and O–H groups in total. The maximum absolute atomic E-state index is 8.57. The number of aliphatic hydroxyl groups is 1. The summed E-state index contributed by atoms with van der Waals surface area (Å²) in [6.07, 6.45) is -0.565. The van der Waals surface area contributed by atoms with Gasteiger partial charge in [0.1, 0.15) is 0 Å². The Kier molecular flexibility index (Phi) is 1.27. The summed E-state index contributed by atoms with van der Waals surface area (Å²) in [5, 5.41) is 11.3. The van der Waals surface area contributed by atoms with Gasteiger partial charge in [-0.1, -0.05) is 0 Å². The first-order valence-electron chi connectivity index (χ1n) is 2.36. The van der Waals surface area contributed by atoms with Gasteiger partial charge >= 0.3 is 0 Å². The fraction of sp³-hybridized carbons (Fsp3) is 1.00. The van der Waals surface area contributed by atoms with Crippen LogP contribution in [0.1, 0.15) is 6.92 Å². The van der Waals surface area contributed by atoms with Crippen LogP contribution in [0.2, 0.25) is 0 Å². The third kappa shape index (κ3) is 1.12. The SMILES string of the molecule is CC1CNC(O)O1. The first kappa shape index (κ1) is 5.03. The van der Waals surface area contributed by atoms with Crippen molar-refractivity contribution in [1.29, 1.82) is 0 Å². The number of hydrogen-bond acceptors (Lipinski definition) is 3. The molecule has 7 heavy (non-hydrogen) atoms. The van der Waals surface area contributed by atoms with E-state index >= 15 is 0 Å². The van der Waals surface area contributed by atoms with E-state index in [1.165, 1.54) is 0 Å². The van der Waals surface area contributed by atoms with Crippen LogP contribution in [0.25, 0.3) is 0 Å². The Bertz CT molecular complexity index is 58.7. The standard InChI is InChI=1S/C4H9NO2/c1-3-2-5-4(6)7-3/h3-6H,2H2,1H3. The Morgan fingerprint density at radius 1 is 1.86 bits per heavy atom. The highest BCUT2D eigenvalue weighted by molar-refractivity contribution is 4.60. The predicted molar refractivity (Wildman–Crippen MR) is 24.6 cm³/mol. The van der Waals surface area contributed by atoms with Gasteiger partial charge in [0, 0.05) is 6.54 Å². The Labute approximate surface area is 42.3 Å². The molecule has 0 amide bonds. The van der Waals surface area contributed by atoms with E-state index in [0.29, 0.717) is 0 Å². The third-order valence-corrected chi connectivity index (χ3v) is 0.941. The lowest BCUT2D eigenvalue weighted by Gasteiger charge is -1.99. The molecule has 0 aromatic rings. The van der Waals surface area contributed by atoms with Gasteiger partial charge in [-0.25, -0.2) is 0 Å². The second kappa shape index (κ2) is 1.78. The van der Waals surface area contributed by atoms with E-state index < -0.39 is 6.41 Å². The van der Waals surface area contributed by atoms with E-state index in [9.17, 15) is 0 Å². The molecule has 1 rings (SSSR count). The number of hydrogen-bond donors (Lipinski definition) is 2. The summed E-state index contributed by atoms with van der Waals surface area (Å²) in [6.45, 7) is 2.66. The number of aliphatic hydroxyl groups excluding tert-OH is 1. The van der Waals surface area contributed by atoms with Crippen molar-refractivity contribution in [3.63, 3.8) is 0 Å². The van der Waals surface area contributed by atoms with E-state index in [2.05, 4.69) is 5.32 Å². The fourth-order valence-corrected chi connectivity index (χ4v) is 0.583. The minimum atomic E-state index is -0.727. The van der Waals surface area contributed by atoms with E-state index in [1.54, 1.807) is 0 Å². The van der Waals surface area contributed by atoms with Crippen molar-refractivity contribution in [1.82, 2.24) is 5.32 Å². The molecular formula is C4H9NO2. The van der Waals surface area contributed by atoms with Gasteiger partial charge in [0.15, 0.2) is 0 Å². The highest BCUT2D eigenvalue weighted by Crippen LogP contribution is 1.98. The van der Waals surface area contributed by atoms with Crippen LogP contribution in [-0.4, -0.2) is 24.2 Å². The minimum absolute atomic E-state index is 0.162. The molecular weight excluding hydrogens is 94.0 g/mol. The van der Waals surface area contributed by atoms with Crippen LogP contribution < -0.4 is 5.32 Å². The Morgan fingerprint density at radius 3 is 2.71 bits per heavy atom. The molecule has 1 aliphatic rings. The maximum Gasteiger partial charge on any atom is 0.213 e. The van der Waals surface area contributed by atoms with Crippen molar-refractivity contribution in [3.05, 3.63) is 0 Å². The molecule has 0 saturated carbocycles. The lowest BCUT2D eigenvalue weighted by atomic mass is 10.4. The zero-order valence-corrected chi connectivity index (χ0v) is 4.22. The van der Waals surface area contributed by atoms with Crippen LogP contribution in [0.5, 0.6) is 0 Å². The van der Waals surface area contributed by atoms with Crippen LogP contribution in [0.3, 0.4) is 0 Å². The van der Waals surface area contributed by atoms with Gasteiger partial charge in [0.25, 0.3) is 0 Å². The van der Waals surface area contributed by atoms with Gasteiger partial charge in [0.05, 0.1) is 6.10 Å². The molecule has 1 saturated heterocycles. The topological polar surface area (TPSA) is 41.5 Å². The Balaban J connectivity index is 2.26. The van der Waals surface area contributed by atoms with Crippen LogP contribution in [0.15, 0.2) is 0 Å². The zero-order chi connectivity index (χ0) is 5.28. The van der Waals surface area contributed by atoms with Gasteiger partial charge in [-0.15, -0.1) is 0 Å².